The molecule has 1 saturated heterocycles. The number of hydrogen-bond acceptors (Lipinski definition) is 4. The molecule has 0 amide bonds. The summed E-state index contributed by atoms with van der Waals surface area (Å²) < 4.78 is 26.2. The van der Waals surface area contributed by atoms with Gasteiger partial charge in [-0.05, 0) is 24.6 Å². The molecule has 1 aliphatic rings. The van der Waals surface area contributed by atoms with Crippen LogP contribution in [0.3, 0.4) is 0 Å². The number of sulfonamides is 1. The van der Waals surface area contributed by atoms with Crippen LogP contribution in [0.2, 0.25) is 0 Å². The van der Waals surface area contributed by atoms with Crippen molar-refractivity contribution in [3.63, 3.8) is 0 Å². The minimum atomic E-state index is -3.31. The lowest BCUT2D eigenvalue weighted by Gasteiger charge is -2.31. The molecule has 0 aromatic heterocycles. The second-order valence-corrected chi connectivity index (χ2v) is 6.75. The highest BCUT2D eigenvalue weighted by Gasteiger charge is 2.26. The Bertz CT molecular complexity index is 598. The molecule has 1 aromatic rings. The molecule has 1 aromatic carbocycles. The Kier molecular flexibility index (Phi) is 5.96. The second-order valence-electron chi connectivity index (χ2n) is 4.78. The smallest absolute Gasteiger partial charge is 0.218 e. The van der Waals surface area contributed by atoms with Crippen molar-refractivity contribution in [1.82, 2.24) is 9.62 Å². The summed E-state index contributed by atoms with van der Waals surface area (Å²) in [7, 11) is -3.31. The molecule has 1 aliphatic heterocycles. The first-order valence-corrected chi connectivity index (χ1v) is 7.82. The summed E-state index contributed by atoms with van der Waals surface area (Å²) in [6.07, 6.45) is 0. The molecule has 0 saturated carbocycles. The van der Waals surface area contributed by atoms with E-state index in [4.69, 9.17) is 5.26 Å². The Hall–Kier alpha value is -1.13. The molecule has 0 radical (unpaired) electrons. The fourth-order valence-electron chi connectivity index (χ4n) is 2.18. The Morgan fingerprint density at radius 3 is 2.90 bits per heavy atom. The Morgan fingerprint density at radius 2 is 2.25 bits per heavy atom. The van der Waals surface area contributed by atoms with E-state index in [9.17, 15) is 8.42 Å². The second kappa shape index (κ2) is 7.04. The van der Waals surface area contributed by atoms with Crippen LogP contribution in [0.15, 0.2) is 24.3 Å². The third-order valence-electron chi connectivity index (χ3n) is 3.13. The van der Waals surface area contributed by atoms with E-state index in [0.717, 1.165) is 0 Å². The van der Waals surface area contributed by atoms with Gasteiger partial charge in [-0.2, -0.15) is 9.57 Å². The molecule has 1 N–H and O–H groups in total. The van der Waals surface area contributed by atoms with Crippen LogP contribution in [0, 0.1) is 11.3 Å². The van der Waals surface area contributed by atoms with E-state index in [0.29, 0.717) is 30.8 Å². The first-order valence-electron chi connectivity index (χ1n) is 6.21. The Morgan fingerprint density at radius 1 is 1.50 bits per heavy atom. The van der Waals surface area contributed by atoms with E-state index in [1.54, 1.807) is 24.3 Å². The van der Waals surface area contributed by atoms with Gasteiger partial charge in [-0.15, -0.1) is 12.4 Å². The highest BCUT2D eigenvalue weighted by molar-refractivity contribution is 7.88. The zero-order valence-electron chi connectivity index (χ0n) is 11.2. The molecule has 0 unspecified atom stereocenters. The van der Waals surface area contributed by atoms with Crippen LogP contribution in [-0.4, -0.2) is 38.4 Å². The summed E-state index contributed by atoms with van der Waals surface area (Å²) in [5.41, 5.74) is 1.15. The SMILES string of the molecule is C[C@H]1CN(S(=O)(=O)Cc2cccc(C#N)c2)CCN1.Cl. The number of piperazine rings is 1. The maximum atomic E-state index is 12.3. The van der Waals surface area contributed by atoms with Gasteiger partial charge in [0.25, 0.3) is 0 Å². The number of nitrogens with one attached hydrogen (secondary N) is 1. The van der Waals surface area contributed by atoms with Crippen molar-refractivity contribution >= 4 is 22.4 Å². The third-order valence-corrected chi connectivity index (χ3v) is 4.95. The molecular weight excluding hydrogens is 298 g/mol. The summed E-state index contributed by atoms with van der Waals surface area (Å²) in [5, 5.41) is 12.0. The van der Waals surface area contributed by atoms with Gasteiger partial charge in [-0.25, -0.2) is 8.42 Å². The third kappa shape index (κ3) is 4.18. The predicted octanol–water partition coefficient (Wildman–Crippen LogP) is 1.10. The molecule has 1 fully saturated rings. The van der Waals surface area contributed by atoms with Gasteiger partial charge in [0.05, 0.1) is 17.4 Å². The van der Waals surface area contributed by atoms with Gasteiger partial charge >= 0.3 is 0 Å². The van der Waals surface area contributed by atoms with Gasteiger partial charge in [0.15, 0.2) is 0 Å². The van der Waals surface area contributed by atoms with E-state index in [1.165, 1.54) is 4.31 Å². The summed E-state index contributed by atoms with van der Waals surface area (Å²) >= 11 is 0. The summed E-state index contributed by atoms with van der Waals surface area (Å²) in [6, 6.07) is 8.95. The van der Waals surface area contributed by atoms with E-state index in [1.807, 2.05) is 13.0 Å². The quantitative estimate of drug-likeness (QED) is 0.906. The zero-order chi connectivity index (χ0) is 13.9. The van der Waals surface area contributed by atoms with Crippen molar-refractivity contribution < 1.29 is 8.42 Å². The fraction of sp³-hybridized carbons (Fsp3) is 0.462. The van der Waals surface area contributed by atoms with Crippen LogP contribution in [0.25, 0.3) is 0 Å². The first kappa shape index (κ1) is 16.9. The molecule has 110 valence electrons. The van der Waals surface area contributed by atoms with Gasteiger partial charge in [-0.1, -0.05) is 12.1 Å². The maximum absolute atomic E-state index is 12.3. The summed E-state index contributed by atoms with van der Waals surface area (Å²) in [4.78, 5) is 0. The molecule has 2 rings (SSSR count). The molecule has 1 atom stereocenters. The van der Waals surface area contributed by atoms with E-state index >= 15 is 0 Å². The van der Waals surface area contributed by atoms with Gasteiger partial charge in [-0.3, -0.25) is 0 Å². The monoisotopic (exact) mass is 315 g/mol. The predicted molar refractivity (Wildman–Crippen MR) is 80.1 cm³/mol. The summed E-state index contributed by atoms with van der Waals surface area (Å²) in [5.74, 6) is -0.0464. The van der Waals surface area contributed by atoms with Crippen molar-refractivity contribution in [2.75, 3.05) is 19.6 Å². The zero-order valence-corrected chi connectivity index (χ0v) is 12.9. The Balaban J connectivity index is 0.00000200. The van der Waals surface area contributed by atoms with E-state index in [-0.39, 0.29) is 24.2 Å². The lowest BCUT2D eigenvalue weighted by Crippen LogP contribution is -2.51. The van der Waals surface area contributed by atoms with Crippen LogP contribution in [0.5, 0.6) is 0 Å². The molecule has 5 nitrogen and oxygen atoms in total. The highest BCUT2D eigenvalue weighted by atomic mass is 35.5. The number of halogens is 1. The first-order chi connectivity index (χ1) is 9.01. The molecule has 0 spiro atoms. The molecule has 1 heterocycles. The van der Waals surface area contributed by atoms with Gasteiger partial charge in [0.2, 0.25) is 10.0 Å². The number of nitriles is 1. The Labute approximate surface area is 126 Å². The molecule has 7 heteroatoms. The number of hydrogen-bond donors (Lipinski definition) is 1. The average molecular weight is 316 g/mol. The van der Waals surface area contributed by atoms with Crippen LogP contribution >= 0.6 is 12.4 Å². The van der Waals surface area contributed by atoms with Crippen LogP contribution in [0.1, 0.15) is 18.1 Å². The van der Waals surface area contributed by atoms with Gasteiger partial charge in [0.1, 0.15) is 0 Å². The van der Waals surface area contributed by atoms with Crippen molar-refractivity contribution in [2.45, 2.75) is 18.7 Å². The van der Waals surface area contributed by atoms with Gasteiger partial charge < -0.3 is 5.32 Å². The molecule has 0 aliphatic carbocycles. The van der Waals surface area contributed by atoms with Crippen molar-refractivity contribution in [3.05, 3.63) is 35.4 Å². The molecule has 20 heavy (non-hydrogen) atoms. The average Bonchev–Trinajstić information content (AvgIpc) is 2.38. The van der Waals surface area contributed by atoms with Crippen LogP contribution < -0.4 is 5.32 Å². The summed E-state index contributed by atoms with van der Waals surface area (Å²) in [6.45, 7) is 3.65. The van der Waals surface area contributed by atoms with Gasteiger partial charge in [0, 0.05) is 25.7 Å². The van der Waals surface area contributed by atoms with Crippen molar-refractivity contribution in [2.24, 2.45) is 0 Å². The van der Waals surface area contributed by atoms with Crippen molar-refractivity contribution in [1.29, 1.82) is 5.26 Å². The highest BCUT2D eigenvalue weighted by Crippen LogP contribution is 2.14. The lowest BCUT2D eigenvalue weighted by atomic mass is 10.2. The normalized spacial score (nSPS) is 19.9. The standard InChI is InChI=1S/C13H17N3O2S.ClH/c1-11-9-16(6-5-15-11)19(17,18)10-13-4-2-3-12(7-13)8-14;/h2-4,7,11,15H,5-6,9-10H2,1H3;1H/t11-;/m0./s1. The minimum Gasteiger partial charge on any atom is -0.312 e. The van der Waals surface area contributed by atoms with Crippen LogP contribution in [-0.2, 0) is 15.8 Å². The van der Waals surface area contributed by atoms with E-state index in [2.05, 4.69) is 5.32 Å². The molecular formula is C13H18ClN3O2S. The minimum absolute atomic E-state index is 0. The lowest BCUT2D eigenvalue weighted by molar-refractivity contribution is 0.310. The van der Waals surface area contributed by atoms with Crippen LogP contribution in [0.4, 0.5) is 0 Å². The fourth-order valence-corrected chi connectivity index (χ4v) is 3.79. The number of benzene rings is 1. The topological polar surface area (TPSA) is 73.2 Å². The largest absolute Gasteiger partial charge is 0.312 e. The number of nitrogens with zero attached hydrogens (tertiary/aromatic N) is 2. The maximum Gasteiger partial charge on any atom is 0.218 e. The van der Waals surface area contributed by atoms with E-state index < -0.39 is 10.0 Å². The number of rotatable bonds is 3. The molecule has 0 bridgehead atoms. The van der Waals surface area contributed by atoms with Crippen molar-refractivity contribution in [3.8, 4) is 6.07 Å².